The van der Waals surface area contributed by atoms with Gasteiger partial charge in [-0.25, -0.2) is 4.98 Å². The molecule has 7 heteroatoms. The highest BCUT2D eigenvalue weighted by Crippen LogP contribution is 2.36. The number of aromatic nitrogens is 3. The number of carbonyl (C=O) groups is 1. The van der Waals surface area contributed by atoms with Crippen LogP contribution in [0.15, 0.2) is 0 Å². The van der Waals surface area contributed by atoms with Gasteiger partial charge in [0.2, 0.25) is 5.91 Å². The van der Waals surface area contributed by atoms with Gasteiger partial charge in [-0.05, 0) is 33.1 Å². The van der Waals surface area contributed by atoms with Crippen LogP contribution in [0.5, 0.6) is 0 Å². The summed E-state index contributed by atoms with van der Waals surface area (Å²) in [6, 6.07) is 0.130. The Morgan fingerprint density at radius 1 is 1.28 bits per heavy atom. The fraction of sp³-hybridized carbons (Fsp3) is 0.611. The van der Waals surface area contributed by atoms with Gasteiger partial charge < -0.3 is 10.2 Å². The van der Waals surface area contributed by atoms with E-state index in [-0.39, 0.29) is 18.0 Å². The Kier molecular flexibility index (Phi) is 4.16. The van der Waals surface area contributed by atoms with Gasteiger partial charge in [-0.15, -0.1) is 11.3 Å². The van der Waals surface area contributed by atoms with Gasteiger partial charge in [0, 0.05) is 49.2 Å². The average molecular weight is 359 g/mol. The van der Waals surface area contributed by atoms with Gasteiger partial charge in [-0.3, -0.25) is 9.48 Å². The Hall–Kier alpha value is -1.73. The summed E-state index contributed by atoms with van der Waals surface area (Å²) in [4.78, 5) is 20.5. The van der Waals surface area contributed by atoms with E-state index in [1.165, 1.54) is 29.0 Å². The summed E-state index contributed by atoms with van der Waals surface area (Å²) in [5.41, 5.74) is 4.60. The normalized spacial score (nSPS) is 22.9. The van der Waals surface area contributed by atoms with Crippen LogP contribution in [0.3, 0.4) is 0 Å². The molecule has 0 bridgehead atoms. The van der Waals surface area contributed by atoms with Crippen molar-refractivity contribution in [2.24, 2.45) is 7.05 Å². The minimum absolute atomic E-state index is 0.0352. The van der Waals surface area contributed by atoms with E-state index in [9.17, 15) is 4.79 Å². The highest BCUT2D eigenvalue weighted by molar-refractivity contribution is 7.11. The van der Waals surface area contributed by atoms with E-state index >= 15 is 0 Å². The van der Waals surface area contributed by atoms with E-state index in [2.05, 4.69) is 17.3 Å². The Bertz CT molecular complexity index is 802. The highest BCUT2D eigenvalue weighted by atomic mass is 32.1. The van der Waals surface area contributed by atoms with E-state index < -0.39 is 0 Å². The molecule has 0 radical (unpaired) electrons. The Balaban J connectivity index is 1.55. The van der Waals surface area contributed by atoms with E-state index in [4.69, 9.17) is 4.98 Å². The number of carbonyl (C=O) groups excluding carboxylic acids is 1. The van der Waals surface area contributed by atoms with Gasteiger partial charge in [0.1, 0.15) is 5.01 Å². The Morgan fingerprint density at radius 2 is 2.08 bits per heavy atom. The van der Waals surface area contributed by atoms with Gasteiger partial charge in [0.25, 0.3) is 0 Å². The number of nitrogens with one attached hydrogen (secondary N) is 1. The standard InChI is InChI=1S/C18H25N5OS/c1-10-17(11(2)23(4)21-10)18-13(8-16(24)22(18)3)19-9-15-20-12-6-5-7-14(12)25-15/h13,18-19H,5-9H2,1-4H3/t13-,18-/m1/s1. The summed E-state index contributed by atoms with van der Waals surface area (Å²) in [5, 5.41) is 9.29. The van der Waals surface area contributed by atoms with Crippen molar-refractivity contribution in [1.29, 1.82) is 0 Å². The van der Waals surface area contributed by atoms with Crippen LogP contribution >= 0.6 is 11.3 Å². The molecule has 1 N–H and O–H groups in total. The summed E-state index contributed by atoms with van der Waals surface area (Å²) in [5.74, 6) is 0.187. The number of rotatable bonds is 4. The molecule has 1 saturated heterocycles. The molecule has 3 heterocycles. The van der Waals surface area contributed by atoms with Gasteiger partial charge >= 0.3 is 0 Å². The predicted octanol–water partition coefficient (Wildman–Crippen LogP) is 2.04. The molecule has 0 saturated carbocycles. The van der Waals surface area contributed by atoms with E-state index in [1.54, 1.807) is 0 Å². The highest BCUT2D eigenvalue weighted by Gasteiger charge is 2.40. The number of hydrogen-bond donors (Lipinski definition) is 1. The molecule has 1 fully saturated rings. The van der Waals surface area contributed by atoms with Crippen molar-refractivity contribution >= 4 is 17.2 Å². The number of amides is 1. The first-order valence-corrected chi connectivity index (χ1v) is 9.74. The molecular formula is C18H25N5OS. The zero-order valence-electron chi connectivity index (χ0n) is 15.3. The van der Waals surface area contributed by atoms with Crippen LogP contribution in [0, 0.1) is 13.8 Å². The van der Waals surface area contributed by atoms with Gasteiger partial charge in [-0.1, -0.05) is 0 Å². The fourth-order valence-electron chi connectivity index (χ4n) is 4.20. The number of hydrogen-bond acceptors (Lipinski definition) is 5. The van der Waals surface area contributed by atoms with Crippen molar-refractivity contribution in [1.82, 2.24) is 25.0 Å². The topological polar surface area (TPSA) is 63.1 Å². The number of fused-ring (bicyclic) bond motifs is 1. The van der Waals surface area contributed by atoms with Crippen molar-refractivity contribution in [2.75, 3.05) is 7.05 Å². The zero-order valence-corrected chi connectivity index (χ0v) is 16.1. The summed E-state index contributed by atoms with van der Waals surface area (Å²) in [6.45, 7) is 4.84. The Labute approximate surface area is 152 Å². The van der Waals surface area contributed by atoms with Gasteiger partial charge in [0.15, 0.2) is 0 Å². The molecule has 0 spiro atoms. The lowest BCUT2D eigenvalue weighted by atomic mass is 9.98. The SMILES string of the molecule is Cc1nn(C)c(C)c1[C@H]1[C@H](NCc2nc3c(s2)CCC3)CC(=O)N1C. The van der Waals surface area contributed by atoms with Crippen LogP contribution in [0.1, 0.15) is 51.4 Å². The molecule has 2 atom stereocenters. The molecule has 4 rings (SSSR count). The van der Waals surface area contributed by atoms with Crippen molar-refractivity contribution in [3.05, 3.63) is 32.5 Å². The summed E-state index contributed by atoms with van der Waals surface area (Å²) in [7, 11) is 3.86. The third-order valence-corrected chi connectivity index (χ3v) is 6.76. The minimum Gasteiger partial charge on any atom is -0.337 e. The van der Waals surface area contributed by atoms with Crippen molar-refractivity contribution < 1.29 is 4.79 Å². The Morgan fingerprint density at radius 3 is 2.76 bits per heavy atom. The number of aryl methyl sites for hydroxylation is 4. The zero-order chi connectivity index (χ0) is 17.7. The molecule has 2 aliphatic rings. The summed E-state index contributed by atoms with van der Waals surface area (Å²) >= 11 is 1.83. The molecule has 25 heavy (non-hydrogen) atoms. The largest absolute Gasteiger partial charge is 0.337 e. The summed E-state index contributed by atoms with van der Waals surface area (Å²) < 4.78 is 1.91. The van der Waals surface area contributed by atoms with Crippen LogP contribution in [0.25, 0.3) is 0 Å². The monoisotopic (exact) mass is 359 g/mol. The smallest absolute Gasteiger partial charge is 0.224 e. The first-order valence-electron chi connectivity index (χ1n) is 8.92. The minimum atomic E-state index is 0.0352. The molecule has 1 aliphatic heterocycles. The molecule has 134 valence electrons. The van der Waals surface area contributed by atoms with Crippen LogP contribution < -0.4 is 5.32 Å². The van der Waals surface area contributed by atoms with E-state index in [1.807, 2.05) is 41.9 Å². The third-order valence-electron chi connectivity index (χ3n) is 5.60. The fourth-order valence-corrected chi connectivity index (χ4v) is 5.31. The second kappa shape index (κ2) is 6.21. The maximum atomic E-state index is 12.4. The second-order valence-electron chi connectivity index (χ2n) is 7.18. The maximum absolute atomic E-state index is 12.4. The molecule has 2 aromatic heterocycles. The number of nitrogens with zero attached hydrogens (tertiary/aromatic N) is 4. The van der Waals surface area contributed by atoms with Crippen LogP contribution in [0.4, 0.5) is 0 Å². The van der Waals surface area contributed by atoms with Crippen molar-refractivity contribution in [3.63, 3.8) is 0 Å². The molecule has 1 aliphatic carbocycles. The van der Waals surface area contributed by atoms with Crippen LogP contribution in [-0.2, 0) is 31.2 Å². The molecule has 0 unspecified atom stereocenters. The van der Waals surface area contributed by atoms with Gasteiger partial charge in [0.05, 0.1) is 17.4 Å². The number of likely N-dealkylation sites (tertiary alicyclic amines) is 1. The van der Waals surface area contributed by atoms with Crippen molar-refractivity contribution in [2.45, 2.75) is 58.2 Å². The average Bonchev–Trinajstić information content (AvgIpc) is 3.26. The predicted molar refractivity (Wildman–Crippen MR) is 97.6 cm³/mol. The summed E-state index contributed by atoms with van der Waals surface area (Å²) in [6.07, 6.45) is 4.06. The lowest BCUT2D eigenvalue weighted by molar-refractivity contribution is -0.127. The third kappa shape index (κ3) is 2.79. The molecule has 0 aromatic carbocycles. The number of thiazole rings is 1. The van der Waals surface area contributed by atoms with Crippen LogP contribution in [-0.4, -0.2) is 38.7 Å². The molecule has 6 nitrogen and oxygen atoms in total. The first kappa shape index (κ1) is 16.7. The lowest BCUT2D eigenvalue weighted by Crippen LogP contribution is -2.35. The molecule has 2 aromatic rings. The first-order chi connectivity index (χ1) is 12.0. The van der Waals surface area contributed by atoms with E-state index in [0.717, 1.165) is 29.4 Å². The van der Waals surface area contributed by atoms with E-state index in [0.29, 0.717) is 6.42 Å². The maximum Gasteiger partial charge on any atom is 0.224 e. The second-order valence-corrected chi connectivity index (χ2v) is 8.35. The quantitative estimate of drug-likeness (QED) is 0.907. The lowest BCUT2D eigenvalue weighted by Gasteiger charge is -2.26. The van der Waals surface area contributed by atoms with Gasteiger partial charge in [-0.2, -0.15) is 5.10 Å². The molecule has 1 amide bonds. The molecular weight excluding hydrogens is 334 g/mol. The number of likely N-dealkylation sites (N-methyl/N-ethyl adjacent to an activating group) is 1. The van der Waals surface area contributed by atoms with Crippen LogP contribution in [0.2, 0.25) is 0 Å². The van der Waals surface area contributed by atoms with Crippen molar-refractivity contribution in [3.8, 4) is 0 Å².